The quantitative estimate of drug-likeness (QED) is 0.810. The Hall–Kier alpha value is -1.23. The largest absolute Gasteiger partial charge is 0.371 e. The number of nitrogens with one attached hydrogen (secondary N) is 1. The van der Waals surface area contributed by atoms with Crippen molar-refractivity contribution in [3.05, 3.63) is 17.3 Å². The van der Waals surface area contributed by atoms with Crippen LogP contribution < -0.4 is 5.32 Å². The van der Waals surface area contributed by atoms with Gasteiger partial charge in [0.25, 0.3) is 0 Å². The second kappa shape index (κ2) is 4.10. The van der Waals surface area contributed by atoms with Crippen LogP contribution in [0, 0.1) is 12.7 Å². The molecule has 82 valence electrons. The number of nitrogens with zero attached hydrogens (tertiary/aromatic N) is 2. The monoisotopic (exact) mass is 211 g/mol. The van der Waals surface area contributed by atoms with Crippen LogP contribution in [0.5, 0.6) is 0 Å². The summed E-state index contributed by atoms with van der Waals surface area (Å²) in [7, 11) is 1.64. The molecule has 5 heteroatoms. The van der Waals surface area contributed by atoms with Gasteiger partial charge in [0.1, 0.15) is 6.10 Å². The van der Waals surface area contributed by atoms with Gasteiger partial charge >= 0.3 is 0 Å². The molecule has 1 atom stereocenters. The SMILES string of the molecule is CNc1nc(C2CCCO2)nc(C)c1F. The molecule has 0 saturated carbocycles. The lowest BCUT2D eigenvalue weighted by atomic mass is 10.2. The number of hydrogen-bond donors (Lipinski definition) is 1. The lowest BCUT2D eigenvalue weighted by Gasteiger charge is -2.11. The van der Waals surface area contributed by atoms with Gasteiger partial charge in [0, 0.05) is 13.7 Å². The Bertz CT molecular complexity index is 364. The molecule has 0 aromatic carbocycles. The zero-order chi connectivity index (χ0) is 10.8. The highest BCUT2D eigenvalue weighted by molar-refractivity contribution is 5.37. The third-order valence-electron chi connectivity index (χ3n) is 2.49. The summed E-state index contributed by atoms with van der Waals surface area (Å²) in [6.45, 7) is 2.37. The first kappa shape index (κ1) is 10.3. The molecule has 0 amide bonds. The molecule has 0 aliphatic carbocycles. The van der Waals surface area contributed by atoms with E-state index in [0.29, 0.717) is 11.5 Å². The minimum absolute atomic E-state index is 0.0728. The molecular formula is C10H14FN3O. The second-order valence-electron chi connectivity index (χ2n) is 3.58. The fourth-order valence-electron chi connectivity index (χ4n) is 1.67. The summed E-state index contributed by atoms with van der Waals surface area (Å²) < 4.78 is 18.9. The van der Waals surface area contributed by atoms with Crippen LogP contribution in [0.4, 0.5) is 10.2 Å². The molecule has 4 nitrogen and oxygen atoms in total. The van der Waals surface area contributed by atoms with Crippen LogP contribution in [-0.4, -0.2) is 23.6 Å². The van der Waals surface area contributed by atoms with Crippen LogP contribution in [0.1, 0.15) is 30.5 Å². The number of halogens is 1. The van der Waals surface area contributed by atoms with Gasteiger partial charge in [-0.15, -0.1) is 0 Å². The molecule has 15 heavy (non-hydrogen) atoms. The van der Waals surface area contributed by atoms with Crippen molar-refractivity contribution < 1.29 is 9.13 Å². The van der Waals surface area contributed by atoms with Gasteiger partial charge in [-0.2, -0.15) is 0 Å². The van der Waals surface area contributed by atoms with Crippen LogP contribution in [0.3, 0.4) is 0 Å². The molecule has 1 aliphatic heterocycles. The number of aromatic nitrogens is 2. The maximum Gasteiger partial charge on any atom is 0.186 e. The van der Waals surface area contributed by atoms with Gasteiger partial charge in [-0.05, 0) is 19.8 Å². The number of hydrogen-bond acceptors (Lipinski definition) is 4. The molecule has 1 unspecified atom stereocenters. The molecule has 1 aliphatic rings. The van der Waals surface area contributed by atoms with Gasteiger partial charge in [-0.25, -0.2) is 14.4 Å². The van der Waals surface area contributed by atoms with Crippen LogP contribution >= 0.6 is 0 Å². The fraction of sp³-hybridized carbons (Fsp3) is 0.600. The van der Waals surface area contributed by atoms with E-state index in [0.717, 1.165) is 19.4 Å². The van der Waals surface area contributed by atoms with Crippen LogP contribution in [0.25, 0.3) is 0 Å². The summed E-state index contributed by atoms with van der Waals surface area (Å²) in [5.41, 5.74) is 0.361. The number of rotatable bonds is 2. The lowest BCUT2D eigenvalue weighted by Crippen LogP contribution is -2.09. The summed E-state index contributed by atoms with van der Waals surface area (Å²) in [5.74, 6) is 0.433. The maximum atomic E-state index is 13.4. The van der Waals surface area contributed by atoms with E-state index < -0.39 is 0 Å². The standard InChI is InChI=1S/C10H14FN3O/c1-6-8(11)10(12-2)14-9(13-6)7-4-3-5-15-7/h7H,3-5H2,1-2H3,(H,12,13,14). The van der Waals surface area contributed by atoms with Crippen LogP contribution in [-0.2, 0) is 4.74 Å². The van der Waals surface area contributed by atoms with E-state index in [1.807, 2.05) is 0 Å². The van der Waals surface area contributed by atoms with Crippen molar-refractivity contribution >= 4 is 5.82 Å². The van der Waals surface area contributed by atoms with Crippen molar-refractivity contribution in [2.24, 2.45) is 0 Å². The highest BCUT2D eigenvalue weighted by Gasteiger charge is 2.22. The smallest absolute Gasteiger partial charge is 0.186 e. The summed E-state index contributed by atoms with van der Waals surface area (Å²) in [6.07, 6.45) is 1.85. The summed E-state index contributed by atoms with van der Waals surface area (Å²) in [4.78, 5) is 8.22. The van der Waals surface area contributed by atoms with Gasteiger partial charge in [-0.1, -0.05) is 0 Å². The third kappa shape index (κ3) is 1.92. The predicted octanol–water partition coefficient (Wildman–Crippen LogP) is 1.82. The van der Waals surface area contributed by atoms with Crippen molar-refractivity contribution in [2.75, 3.05) is 19.0 Å². The van der Waals surface area contributed by atoms with Crippen molar-refractivity contribution in [1.29, 1.82) is 0 Å². The highest BCUT2D eigenvalue weighted by Crippen LogP contribution is 2.27. The summed E-state index contributed by atoms with van der Waals surface area (Å²) in [5, 5.41) is 2.72. The summed E-state index contributed by atoms with van der Waals surface area (Å²) in [6, 6.07) is 0. The Morgan fingerprint density at radius 1 is 1.47 bits per heavy atom. The Morgan fingerprint density at radius 3 is 2.87 bits per heavy atom. The van der Waals surface area contributed by atoms with Gasteiger partial charge in [-0.3, -0.25) is 0 Å². The van der Waals surface area contributed by atoms with Gasteiger partial charge in [0.15, 0.2) is 17.5 Å². The van der Waals surface area contributed by atoms with E-state index in [1.54, 1.807) is 14.0 Å². The average molecular weight is 211 g/mol. The van der Waals surface area contributed by atoms with Crippen molar-refractivity contribution in [3.63, 3.8) is 0 Å². The molecule has 1 fully saturated rings. The number of anilines is 1. The second-order valence-corrected chi connectivity index (χ2v) is 3.58. The van der Waals surface area contributed by atoms with Crippen molar-refractivity contribution in [2.45, 2.75) is 25.9 Å². The minimum atomic E-state index is -0.390. The van der Waals surface area contributed by atoms with Gasteiger partial charge in [0.2, 0.25) is 0 Å². The predicted molar refractivity (Wildman–Crippen MR) is 54.2 cm³/mol. The first-order valence-electron chi connectivity index (χ1n) is 5.05. The number of aryl methyl sites for hydroxylation is 1. The van der Waals surface area contributed by atoms with E-state index in [-0.39, 0.29) is 17.7 Å². The first-order valence-corrected chi connectivity index (χ1v) is 5.05. The molecule has 0 radical (unpaired) electrons. The molecule has 1 aromatic heterocycles. The van der Waals surface area contributed by atoms with E-state index in [4.69, 9.17) is 4.74 Å². The average Bonchev–Trinajstić information content (AvgIpc) is 2.75. The van der Waals surface area contributed by atoms with Crippen molar-refractivity contribution in [1.82, 2.24) is 9.97 Å². The lowest BCUT2D eigenvalue weighted by molar-refractivity contribution is 0.105. The number of ether oxygens (including phenoxy) is 1. The zero-order valence-corrected chi connectivity index (χ0v) is 8.88. The van der Waals surface area contributed by atoms with E-state index in [9.17, 15) is 4.39 Å². The Kier molecular flexibility index (Phi) is 2.81. The Balaban J connectivity index is 2.35. The Morgan fingerprint density at radius 2 is 2.27 bits per heavy atom. The van der Waals surface area contributed by atoms with Crippen LogP contribution in [0.15, 0.2) is 0 Å². The molecule has 2 heterocycles. The topological polar surface area (TPSA) is 47.0 Å². The molecule has 1 N–H and O–H groups in total. The maximum absolute atomic E-state index is 13.4. The van der Waals surface area contributed by atoms with Gasteiger partial charge < -0.3 is 10.1 Å². The minimum Gasteiger partial charge on any atom is -0.371 e. The molecule has 1 aromatic rings. The summed E-state index contributed by atoms with van der Waals surface area (Å²) >= 11 is 0. The first-order chi connectivity index (χ1) is 7.22. The molecule has 0 spiro atoms. The molecular weight excluding hydrogens is 197 g/mol. The van der Waals surface area contributed by atoms with Crippen LogP contribution in [0.2, 0.25) is 0 Å². The van der Waals surface area contributed by atoms with Gasteiger partial charge in [0.05, 0.1) is 5.69 Å². The van der Waals surface area contributed by atoms with Crippen molar-refractivity contribution in [3.8, 4) is 0 Å². The third-order valence-corrected chi connectivity index (χ3v) is 2.49. The normalized spacial score (nSPS) is 20.6. The molecule has 0 bridgehead atoms. The van der Waals surface area contributed by atoms with E-state index in [1.165, 1.54) is 0 Å². The molecule has 1 saturated heterocycles. The Labute approximate surface area is 87.9 Å². The zero-order valence-electron chi connectivity index (χ0n) is 8.88. The highest BCUT2D eigenvalue weighted by atomic mass is 19.1. The fourth-order valence-corrected chi connectivity index (χ4v) is 1.67. The molecule has 2 rings (SSSR count). The van der Waals surface area contributed by atoms with E-state index in [2.05, 4.69) is 15.3 Å². The van der Waals surface area contributed by atoms with E-state index >= 15 is 0 Å².